The third-order valence-corrected chi connectivity index (χ3v) is 3.40. The fourth-order valence-corrected chi connectivity index (χ4v) is 2.13. The first-order valence-electron chi connectivity index (χ1n) is 7.69. The molecule has 2 aromatic carbocycles. The van der Waals surface area contributed by atoms with Crippen LogP contribution in [0.5, 0.6) is 0 Å². The molecule has 26 heavy (non-hydrogen) atoms. The number of hydrogen-bond acceptors (Lipinski definition) is 4. The number of alkyl carbamates (subject to hydrolysis) is 1. The number of rotatable bonds is 7. The highest BCUT2D eigenvalue weighted by Gasteiger charge is 2.11. The molecule has 3 N–H and O–H groups in total. The van der Waals surface area contributed by atoms with Gasteiger partial charge in [-0.05, 0) is 29.3 Å². The zero-order valence-corrected chi connectivity index (χ0v) is 13.7. The molecule has 0 fully saturated rings. The highest BCUT2D eigenvalue weighted by Crippen LogP contribution is 2.14. The molecule has 7 nitrogen and oxygen atoms in total. The van der Waals surface area contributed by atoms with Crippen molar-refractivity contribution in [2.24, 2.45) is 0 Å². The molecule has 0 unspecified atom stereocenters. The minimum atomic E-state index is -1.17. The van der Waals surface area contributed by atoms with Gasteiger partial charge in [0.05, 0.1) is 11.1 Å². The van der Waals surface area contributed by atoms with Gasteiger partial charge in [0.2, 0.25) is 0 Å². The number of benzene rings is 2. The van der Waals surface area contributed by atoms with Crippen molar-refractivity contribution in [3.63, 3.8) is 0 Å². The van der Waals surface area contributed by atoms with Gasteiger partial charge >= 0.3 is 18.0 Å². The number of ether oxygens (including phenoxy) is 1. The smallest absolute Gasteiger partial charge is 0.407 e. The van der Waals surface area contributed by atoms with E-state index in [0.29, 0.717) is 0 Å². The van der Waals surface area contributed by atoms with Crippen LogP contribution in [0.1, 0.15) is 31.8 Å². The predicted octanol–water partition coefficient (Wildman–Crippen LogP) is 3.02. The van der Waals surface area contributed by atoms with Crippen molar-refractivity contribution in [3.05, 3.63) is 76.9 Å². The number of amides is 1. The summed E-state index contributed by atoms with van der Waals surface area (Å²) in [7, 11) is 0. The fraction of sp³-hybridized carbons (Fsp3) is 0.105. The van der Waals surface area contributed by atoms with E-state index in [1.807, 2.05) is 30.3 Å². The number of nitrogens with one attached hydrogen (secondary N) is 1. The highest BCUT2D eigenvalue weighted by molar-refractivity contribution is 5.95. The molecule has 0 bridgehead atoms. The molecule has 0 radical (unpaired) electrons. The number of carboxylic acid groups (broad SMARTS) is 2. The summed E-state index contributed by atoms with van der Waals surface area (Å²) in [6.45, 7) is 0.240. The second kappa shape index (κ2) is 9.03. The largest absolute Gasteiger partial charge is 0.478 e. The van der Waals surface area contributed by atoms with Crippen LogP contribution in [0.3, 0.4) is 0 Å². The summed E-state index contributed by atoms with van der Waals surface area (Å²) < 4.78 is 5.04. The fourth-order valence-electron chi connectivity index (χ4n) is 2.13. The van der Waals surface area contributed by atoms with Gasteiger partial charge in [0, 0.05) is 6.54 Å². The van der Waals surface area contributed by atoms with Crippen LogP contribution in [0, 0.1) is 0 Å². The van der Waals surface area contributed by atoms with Crippen molar-refractivity contribution >= 4 is 24.1 Å². The summed E-state index contributed by atoms with van der Waals surface area (Å²) in [5, 5.41) is 20.6. The zero-order chi connectivity index (χ0) is 18.9. The normalized spacial score (nSPS) is 10.5. The standard InChI is InChI=1S/C19H17NO6/c21-17(22)15-8-9-16(18(23)24)14(11-15)7-4-10-20-19(25)26-12-13-5-2-1-3-6-13/h1-9,11H,10,12H2,(H,20,25)(H,21,22)(H,23,24). The summed E-state index contributed by atoms with van der Waals surface area (Å²) in [6.07, 6.45) is 2.33. The first-order chi connectivity index (χ1) is 12.5. The van der Waals surface area contributed by atoms with E-state index in [1.54, 1.807) is 0 Å². The van der Waals surface area contributed by atoms with Crippen LogP contribution in [0.15, 0.2) is 54.6 Å². The molecule has 0 saturated heterocycles. The Balaban J connectivity index is 1.91. The number of hydrogen-bond donors (Lipinski definition) is 3. The maximum atomic E-state index is 11.6. The summed E-state index contributed by atoms with van der Waals surface area (Å²) >= 11 is 0. The lowest BCUT2D eigenvalue weighted by molar-refractivity contribution is 0.0681. The molecule has 0 heterocycles. The van der Waals surface area contributed by atoms with Crippen LogP contribution in [0.2, 0.25) is 0 Å². The van der Waals surface area contributed by atoms with E-state index < -0.39 is 18.0 Å². The highest BCUT2D eigenvalue weighted by atomic mass is 16.5. The molecule has 1 amide bonds. The molecular formula is C19H17NO6. The Kier molecular flexibility index (Phi) is 6.50. The van der Waals surface area contributed by atoms with E-state index in [-0.39, 0.29) is 29.8 Å². The Morgan fingerprint density at radius 2 is 1.73 bits per heavy atom. The van der Waals surface area contributed by atoms with Crippen LogP contribution in [-0.2, 0) is 11.3 Å². The zero-order valence-electron chi connectivity index (χ0n) is 13.7. The SMILES string of the molecule is O=C(NCC=Cc1cc(C(=O)O)ccc1C(=O)O)OCc1ccccc1. The van der Waals surface area contributed by atoms with Crippen LogP contribution >= 0.6 is 0 Å². The minimum Gasteiger partial charge on any atom is -0.478 e. The van der Waals surface area contributed by atoms with Gasteiger partial charge in [-0.25, -0.2) is 14.4 Å². The van der Waals surface area contributed by atoms with E-state index in [1.165, 1.54) is 30.4 Å². The Hall–Kier alpha value is -3.61. The van der Waals surface area contributed by atoms with Gasteiger partial charge in [0.25, 0.3) is 0 Å². The van der Waals surface area contributed by atoms with E-state index >= 15 is 0 Å². The molecule has 134 valence electrons. The summed E-state index contributed by atoms with van der Waals surface area (Å²) in [6, 6.07) is 12.9. The summed E-state index contributed by atoms with van der Waals surface area (Å²) in [4.78, 5) is 33.8. The van der Waals surface area contributed by atoms with Crippen LogP contribution < -0.4 is 5.32 Å². The van der Waals surface area contributed by atoms with Gasteiger partial charge in [0.1, 0.15) is 6.61 Å². The summed E-state index contributed by atoms with van der Waals surface area (Å²) in [5.74, 6) is -2.32. The van der Waals surface area contributed by atoms with Gasteiger partial charge in [-0.15, -0.1) is 0 Å². The van der Waals surface area contributed by atoms with E-state index in [2.05, 4.69) is 5.32 Å². The first-order valence-corrected chi connectivity index (χ1v) is 7.69. The molecule has 0 saturated carbocycles. The number of carbonyl (C=O) groups is 3. The Bertz CT molecular complexity index is 829. The number of aromatic carboxylic acids is 2. The molecule has 0 aromatic heterocycles. The van der Waals surface area contributed by atoms with Crippen LogP contribution in [0.4, 0.5) is 4.79 Å². The molecule has 7 heteroatoms. The lowest BCUT2D eigenvalue weighted by atomic mass is 10.0. The molecule has 0 aliphatic heterocycles. The second-order valence-corrected chi connectivity index (χ2v) is 5.26. The van der Waals surface area contributed by atoms with Gasteiger partial charge in [0.15, 0.2) is 0 Å². The van der Waals surface area contributed by atoms with E-state index in [0.717, 1.165) is 5.56 Å². The monoisotopic (exact) mass is 355 g/mol. The van der Waals surface area contributed by atoms with Gasteiger partial charge in [-0.2, -0.15) is 0 Å². The average molecular weight is 355 g/mol. The molecule has 0 spiro atoms. The second-order valence-electron chi connectivity index (χ2n) is 5.26. The molecule has 0 aliphatic carbocycles. The van der Waals surface area contributed by atoms with Crippen molar-refractivity contribution < 1.29 is 29.3 Å². The lowest BCUT2D eigenvalue weighted by Crippen LogP contribution is -2.24. The van der Waals surface area contributed by atoms with Crippen molar-refractivity contribution in [2.45, 2.75) is 6.61 Å². The Morgan fingerprint density at radius 3 is 2.38 bits per heavy atom. The van der Waals surface area contributed by atoms with Crippen molar-refractivity contribution in [1.29, 1.82) is 0 Å². The maximum absolute atomic E-state index is 11.6. The molecule has 2 rings (SSSR count). The quantitative estimate of drug-likeness (QED) is 0.704. The van der Waals surface area contributed by atoms with Gasteiger partial charge < -0.3 is 20.3 Å². The number of carbonyl (C=O) groups excluding carboxylic acids is 1. The maximum Gasteiger partial charge on any atom is 0.407 e. The third kappa shape index (κ3) is 5.48. The summed E-state index contributed by atoms with van der Waals surface area (Å²) in [5.41, 5.74) is 1.04. The van der Waals surface area contributed by atoms with Crippen LogP contribution in [0.25, 0.3) is 6.08 Å². The van der Waals surface area contributed by atoms with Crippen molar-refractivity contribution in [3.8, 4) is 0 Å². The Labute approximate surface area is 149 Å². The van der Waals surface area contributed by atoms with E-state index in [4.69, 9.17) is 14.9 Å². The molecule has 0 aliphatic rings. The van der Waals surface area contributed by atoms with E-state index in [9.17, 15) is 14.4 Å². The minimum absolute atomic E-state index is 0.0233. The topological polar surface area (TPSA) is 113 Å². The van der Waals surface area contributed by atoms with Crippen molar-refractivity contribution in [2.75, 3.05) is 6.54 Å². The average Bonchev–Trinajstić information content (AvgIpc) is 2.64. The first kappa shape index (κ1) is 18.7. The lowest BCUT2D eigenvalue weighted by Gasteiger charge is -2.06. The Morgan fingerprint density at radius 1 is 1.00 bits per heavy atom. The molecule has 2 aromatic rings. The predicted molar refractivity (Wildman–Crippen MR) is 94.0 cm³/mol. The number of carboxylic acids is 2. The van der Waals surface area contributed by atoms with Gasteiger partial charge in [-0.1, -0.05) is 42.5 Å². The van der Waals surface area contributed by atoms with Crippen molar-refractivity contribution in [1.82, 2.24) is 5.32 Å². The van der Waals surface area contributed by atoms with Crippen LogP contribution in [-0.4, -0.2) is 34.8 Å². The molecular weight excluding hydrogens is 338 g/mol. The van der Waals surface area contributed by atoms with Gasteiger partial charge in [-0.3, -0.25) is 0 Å². The third-order valence-electron chi connectivity index (χ3n) is 3.40. The molecule has 0 atom stereocenters.